The van der Waals surface area contributed by atoms with E-state index in [4.69, 9.17) is 10.00 Å². The average Bonchev–Trinajstić information content (AvgIpc) is 2.50. The summed E-state index contributed by atoms with van der Waals surface area (Å²) in [5, 5.41) is 15.1. The lowest BCUT2D eigenvalue weighted by Crippen LogP contribution is -2.38. The predicted molar refractivity (Wildman–Crippen MR) is 80.4 cm³/mol. The smallest absolute Gasteiger partial charge is 0.191 e. The maximum Gasteiger partial charge on any atom is 0.191 e. The summed E-state index contributed by atoms with van der Waals surface area (Å²) in [4.78, 5) is 4.32. The highest BCUT2D eigenvalue weighted by atomic mass is 19.1. The quantitative estimate of drug-likeness (QED) is 0.457. The van der Waals surface area contributed by atoms with Crippen LogP contribution in [0.2, 0.25) is 0 Å². The first-order valence-electron chi connectivity index (χ1n) is 6.91. The lowest BCUT2D eigenvalue weighted by atomic mass is 10.1. The molecule has 0 amide bonds. The van der Waals surface area contributed by atoms with Crippen molar-refractivity contribution >= 4 is 5.96 Å². The first kappa shape index (κ1) is 16.9. The van der Waals surface area contributed by atoms with Crippen LogP contribution in [0.25, 0.3) is 0 Å². The number of guanidine groups is 1. The molecule has 1 rings (SSSR count). The highest BCUT2D eigenvalue weighted by Crippen LogP contribution is 2.11. The highest BCUT2D eigenvalue weighted by Gasteiger charge is 2.04. The maximum atomic E-state index is 13.7. The van der Waals surface area contributed by atoms with E-state index >= 15 is 0 Å². The minimum Gasteiger partial charge on any atom is -0.385 e. The van der Waals surface area contributed by atoms with E-state index in [-0.39, 0.29) is 12.4 Å². The first-order valence-corrected chi connectivity index (χ1v) is 6.91. The Kier molecular flexibility index (Phi) is 7.84. The van der Waals surface area contributed by atoms with Crippen LogP contribution in [0.5, 0.6) is 0 Å². The number of benzene rings is 1. The molecule has 0 saturated heterocycles. The minimum absolute atomic E-state index is 0.182. The summed E-state index contributed by atoms with van der Waals surface area (Å²) in [7, 11) is 1.66. The normalized spacial score (nSPS) is 11.0. The van der Waals surface area contributed by atoms with Crippen LogP contribution in [-0.2, 0) is 11.3 Å². The Morgan fingerprint density at radius 3 is 2.90 bits per heavy atom. The molecule has 6 heteroatoms. The van der Waals surface area contributed by atoms with E-state index in [9.17, 15) is 4.39 Å². The Morgan fingerprint density at radius 1 is 1.43 bits per heavy atom. The summed E-state index contributed by atoms with van der Waals surface area (Å²) in [5.74, 6) is 0.267. The van der Waals surface area contributed by atoms with Crippen LogP contribution in [0, 0.1) is 17.1 Å². The van der Waals surface area contributed by atoms with Gasteiger partial charge in [0.1, 0.15) is 5.82 Å². The summed E-state index contributed by atoms with van der Waals surface area (Å²) in [6.45, 7) is 4.26. The number of nitriles is 1. The van der Waals surface area contributed by atoms with E-state index < -0.39 is 0 Å². The number of nitrogens with one attached hydrogen (secondary N) is 2. The Bertz CT molecular complexity index is 511. The number of aliphatic imine (C=N–C) groups is 1. The number of nitrogens with zero attached hydrogens (tertiary/aromatic N) is 2. The summed E-state index contributed by atoms with van der Waals surface area (Å²) >= 11 is 0. The van der Waals surface area contributed by atoms with E-state index in [1.807, 2.05) is 13.0 Å². The second-order valence-electron chi connectivity index (χ2n) is 4.39. The second-order valence-corrected chi connectivity index (χ2v) is 4.39. The van der Waals surface area contributed by atoms with Crippen molar-refractivity contribution < 1.29 is 9.13 Å². The van der Waals surface area contributed by atoms with Gasteiger partial charge in [-0.15, -0.1) is 0 Å². The number of ether oxygens (including phenoxy) is 1. The average molecular weight is 292 g/mol. The molecule has 114 valence electrons. The first-order chi connectivity index (χ1) is 10.2. The monoisotopic (exact) mass is 292 g/mol. The lowest BCUT2D eigenvalue weighted by molar-refractivity contribution is 0.195. The third-order valence-corrected chi connectivity index (χ3v) is 2.74. The van der Waals surface area contributed by atoms with Gasteiger partial charge in [-0.05, 0) is 31.5 Å². The van der Waals surface area contributed by atoms with E-state index in [1.54, 1.807) is 7.11 Å². The van der Waals surface area contributed by atoms with Crippen LogP contribution < -0.4 is 10.6 Å². The van der Waals surface area contributed by atoms with Crippen LogP contribution in [0.3, 0.4) is 0 Å². The molecule has 0 fully saturated rings. The topological polar surface area (TPSA) is 69.4 Å². The number of methoxy groups -OCH3 is 1. The van der Waals surface area contributed by atoms with Crippen LogP contribution in [0.15, 0.2) is 23.2 Å². The number of halogens is 1. The Balaban J connectivity index is 2.66. The fourth-order valence-corrected chi connectivity index (χ4v) is 1.69. The molecule has 2 N–H and O–H groups in total. The molecule has 5 nitrogen and oxygen atoms in total. The van der Waals surface area contributed by atoms with Crippen LogP contribution in [-0.4, -0.2) is 32.8 Å². The van der Waals surface area contributed by atoms with Gasteiger partial charge in [0, 0.05) is 32.4 Å². The molecule has 0 heterocycles. The summed E-state index contributed by atoms with van der Waals surface area (Å²) in [6, 6.07) is 6.27. The SMILES string of the molecule is CCNC(=NCc1cc(C#N)ccc1F)NCCCOC. The molecule has 0 atom stereocenters. The number of hydrogen-bond donors (Lipinski definition) is 2. The van der Waals surface area contributed by atoms with Gasteiger partial charge in [-0.1, -0.05) is 0 Å². The van der Waals surface area contributed by atoms with Gasteiger partial charge in [-0.2, -0.15) is 5.26 Å². The molecule has 0 spiro atoms. The van der Waals surface area contributed by atoms with Gasteiger partial charge in [0.25, 0.3) is 0 Å². The minimum atomic E-state index is -0.354. The molecule has 1 aromatic carbocycles. The lowest BCUT2D eigenvalue weighted by Gasteiger charge is -2.11. The molecular formula is C15H21FN4O. The molecule has 1 aromatic rings. The molecule has 0 saturated carbocycles. The Hall–Kier alpha value is -2.13. The fraction of sp³-hybridized carbons (Fsp3) is 0.467. The van der Waals surface area contributed by atoms with Crippen molar-refractivity contribution in [2.75, 3.05) is 26.8 Å². The summed E-state index contributed by atoms with van der Waals surface area (Å²) in [5.41, 5.74) is 0.836. The summed E-state index contributed by atoms with van der Waals surface area (Å²) < 4.78 is 18.6. The summed E-state index contributed by atoms with van der Waals surface area (Å²) in [6.07, 6.45) is 0.860. The second kappa shape index (κ2) is 9.72. The number of rotatable bonds is 7. The largest absolute Gasteiger partial charge is 0.385 e. The van der Waals surface area contributed by atoms with Gasteiger partial charge in [-0.25, -0.2) is 9.38 Å². The maximum absolute atomic E-state index is 13.7. The van der Waals surface area contributed by atoms with Gasteiger partial charge >= 0.3 is 0 Å². The predicted octanol–water partition coefficient (Wildman–Crippen LogP) is 1.79. The fourth-order valence-electron chi connectivity index (χ4n) is 1.69. The molecule has 0 bridgehead atoms. The molecular weight excluding hydrogens is 271 g/mol. The third-order valence-electron chi connectivity index (χ3n) is 2.74. The van der Waals surface area contributed by atoms with Gasteiger partial charge in [0.2, 0.25) is 0 Å². The highest BCUT2D eigenvalue weighted by molar-refractivity contribution is 5.79. The molecule has 0 aliphatic heterocycles. The standard InChI is InChI=1S/C15H21FN4O/c1-3-18-15(19-7-4-8-21-2)20-11-13-9-12(10-17)5-6-14(13)16/h5-6,9H,3-4,7-8,11H2,1-2H3,(H2,18,19,20). The van der Waals surface area contributed by atoms with Crippen molar-refractivity contribution in [1.82, 2.24) is 10.6 Å². The van der Waals surface area contributed by atoms with Gasteiger partial charge < -0.3 is 15.4 Å². The molecule has 0 aromatic heterocycles. The van der Waals surface area contributed by atoms with Crippen molar-refractivity contribution in [2.45, 2.75) is 19.9 Å². The third kappa shape index (κ3) is 6.23. The number of hydrogen-bond acceptors (Lipinski definition) is 3. The van der Waals surface area contributed by atoms with Gasteiger partial charge in [0.15, 0.2) is 5.96 Å². The Morgan fingerprint density at radius 2 is 2.24 bits per heavy atom. The van der Waals surface area contributed by atoms with Crippen LogP contribution in [0.4, 0.5) is 4.39 Å². The molecule has 0 unspecified atom stereocenters. The van der Waals surface area contributed by atoms with E-state index in [2.05, 4.69) is 15.6 Å². The van der Waals surface area contributed by atoms with Gasteiger partial charge in [0.05, 0.1) is 18.2 Å². The molecule has 0 aliphatic rings. The zero-order valence-corrected chi connectivity index (χ0v) is 12.4. The van der Waals surface area contributed by atoms with Crippen molar-refractivity contribution in [1.29, 1.82) is 5.26 Å². The van der Waals surface area contributed by atoms with E-state index in [1.165, 1.54) is 18.2 Å². The van der Waals surface area contributed by atoms with Gasteiger partial charge in [-0.3, -0.25) is 0 Å². The Labute approximate surface area is 124 Å². The molecule has 0 aliphatic carbocycles. The zero-order valence-electron chi connectivity index (χ0n) is 12.4. The van der Waals surface area contributed by atoms with E-state index in [0.717, 1.165) is 19.5 Å². The van der Waals surface area contributed by atoms with Crippen molar-refractivity contribution in [3.05, 3.63) is 35.1 Å². The van der Waals surface area contributed by atoms with Crippen molar-refractivity contribution in [3.8, 4) is 6.07 Å². The van der Waals surface area contributed by atoms with Crippen molar-refractivity contribution in [2.24, 2.45) is 4.99 Å². The molecule has 0 radical (unpaired) electrons. The van der Waals surface area contributed by atoms with Crippen molar-refractivity contribution in [3.63, 3.8) is 0 Å². The van der Waals surface area contributed by atoms with E-state index in [0.29, 0.717) is 23.7 Å². The molecule has 21 heavy (non-hydrogen) atoms. The van der Waals surface area contributed by atoms with Crippen LogP contribution in [0.1, 0.15) is 24.5 Å². The zero-order chi connectivity index (χ0) is 15.5. The van der Waals surface area contributed by atoms with Crippen LogP contribution >= 0.6 is 0 Å².